The number of para-hydroxylation sites is 1. The first-order valence-electron chi connectivity index (χ1n) is 12.9. The van der Waals surface area contributed by atoms with Gasteiger partial charge in [0.1, 0.15) is 0 Å². The highest BCUT2D eigenvalue weighted by atomic mass is 16.7. The van der Waals surface area contributed by atoms with Gasteiger partial charge in [-0.2, -0.15) is 0 Å². The second-order valence-corrected chi connectivity index (χ2v) is 9.53. The summed E-state index contributed by atoms with van der Waals surface area (Å²) >= 11 is 0. The maximum absolute atomic E-state index is 13.5. The lowest BCUT2D eigenvalue weighted by Crippen LogP contribution is -2.37. The molecule has 3 aliphatic rings. The standard InChI is InChI=1S/C29H31N3O4/c33-29(30-11-3-4-12-32-13-15-34-16-14-32)27-22-5-1-2-6-24(22)31-28-21(8-9-23(27)28)17-20-7-10-25-26(18-20)36-19-35-25/h1-2,5-7,10,17-18H,3-4,8-9,11-16,19H2,(H,30,33). The van der Waals surface area contributed by atoms with Gasteiger partial charge < -0.3 is 19.5 Å². The number of rotatable bonds is 7. The van der Waals surface area contributed by atoms with E-state index in [2.05, 4.69) is 16.3 Å². The predicted octanol–water partition coefficient (Wildman–Crippen LogP) is 4.29. The van der Waals surface area contributed by atoms with Crippen molar-refractivity contribution in [3.8, 4) is 11.5 Å². The van der Waals surface area contributed by atoms with Crippen LogP contribution in [0.5, 0.6) is 11.5 Å². The molecule has 0 bridgehead atoms. The molecule has 36 heavy (non-hydrogen) atoms. The van der Waals surface area contributed by atoms with Crippen LogP contribution in [-0.4, -0.2) is 62.0 Å². The van der Waals surface area contributed by atoms with Gasteiger partial charge in [0, 0.05) is 25.0 Å². The summed E-state index contributed by atoms with van der Waals surface area (Å²) in [4.78, 5) is 20.9. The second-order valence-electron chi connectivity index (χ2n) is 9.53. The highest BCUT2D eigenvalue weighted by Gasteiger charge is 2.27. The van der Waals surface area contributed by atoms with Gasteiger partial charge in [-0.15, -0.1) is 0 Å². The number of fused-ring (bicyclic) bond motifs is 3. The number of allylic oxidation sites excluding steroid dienone is 1. The number of pyridine rings is 1. The smallest absolute Gasteiger partial charge is 0.252 e. The van der Waals surface area contributed by atoms with E-state index in [0.717, 1.165) is 109 Å². The molecule has 1 aliphatic carbocycles. The Hall–Kier alpha value is -3.42. The lowest BCUT2D eigenvalue weighted by atomic mass is 10.00. The fraction of sp³-hybridized carbons (Fsp3) is 0.379. The number of hydrogen-bond acceptors (Lipinski definition) is 6. The van der Waals surface area contributed by atoms with E-state index in [-0.39, 0.29) is 12.7 Å². The summed E-state index contributed by atoms with van der Waals surface area (Å²) in [6.07, 6.45) is 5.85. The van der Waals surface area contributed by atoms with Crippen LogP contribution >= 0.6 is 0 Å². The van der Waals surface area contributed by atoms with Crippen molar-refractivity contribution in [1.29, 1.82) is 0 Å². The number of amides is 1. The molecule has 0 radical (unpaired) electrons. The number of unbranched alkanes of at least 4 members (excludes halogenated alkanes) is 1. The van der Waals surface area contributed by atoms with Crippen LogP contribution in [0.1, 0.15) is 46.4 Å². The van der Waals surface area contributed by atoms with Crippen molar-refractivity contribution in [2.75, 3.05) is 46.2 Å². The minimum absolute atomic E-state index is 0.000511. The first-order valence-corrected chi connectivity index (χ1v) is 12.9. The van der Waals surface area contributed by atoms with E-state index in [1.807, 2.05) is 42.5 Å². The van der Waals surface area contributed by atoms with Gasteiger partial charge in [-0.25, -0.2) is 4.98 Å². The first-order chi connectivity index (χ1) is 17.8. The molecule has 1 saturated heterocycles. The quantitative estimate of drug-likeness (QED) is 0.504. The van der Waals surface area contributed by atoms with Gasteiger partial charge in [0.25, 0.3) is 5.91 Å². The number of hydrogen-bond donors (Lipinski definition) is 1. The van der Waals surface area contributed by atoms with Gasteiger partial charge in [-0.1, -0.05) is 24.3 Å². The maximum atomic E-state index is 13.5. The van der Waals surface area contributed by atoms with Crippen molar-refractivity contribution in [2.45, 2.75) is 25.7 Å². The first kappa shape index (κ1) is 23.0. The van der Waals surface area contributed by atoms with Gasteiger partial charge in [0.15, 0.2) is 11.5 Å². The van der Waals surface area contributed by atoms with E-state index in [0.29, 0.717) is 6.54 Å². The third-order valence-electron chi connectivity index (χ3n) is 7.20. The molecule has 1 N–H and O–H groups in total. The SMILES string of the molecule is O=C(NCCCCN1CCOCC1)c1c2c(nc3ccccc13)C(=Cc1ccc3c(c1)OCO3)CC2. The van der Waals surface area contributed by atoms with Crippen molar-refractivity contribution in [3.63, 3.8) is 0 Å². The monoisotopic (exact) mass is 485 g/mol. The van der Waals surface area contributed by atoms with Crippen molar-refractivity contribution >= 4 is 28.5 Å². The Morgan fingerprint density at radius 1 is 1.03 bits per heavy atom. The molecule has 1 fully saturated rings. The lowest BCUT2D eigenvalue weighted by molar-refractivity contribution is 0.0372. The molecule has 0 spiro atoms. The third-order valence-corrected chi connectivity index (χ3v) is 7.20. The van der Waals surface area contributed by atoms with Gasteiger partial charge >= 0.3 is 0 Å². The Morgan fingerprint density at radius 2 is 1.89 bits per heavy atom. The summed E-state index contributed by atoms with van der Waals surface area (Å²) < 4.78 is 16.4. The average Bonchev–Trinajstić information content (AvgIpc) is 3.54. The van der Waals surface area contributed by atoms with E-state index in [9.17, 15) is 4.79 Å². The zero-order chi connectivity index (χ0) is 24.3. The third kappa shape index (κ3) is 4.68. The number of ether oxygens (including phenoxy) is 3. The Morgan fingerprint density at radius 3 is 2.81 bits per heavy atom. The van der Waals surface area contributed by atoms with Crippen LogP contribution in [0.25, 0.3) is 22.6 Å². The molecular formula is C29H31N3O4. The highest BCUT2D eigenvalue weighted by Crippen LogP contribution is 2.39. The normalized spacial score (nSPS) is 18.1. The molecule has 0 saturated carbocycles. The highest BCUT2D eigenvalue weighted by molar-refractivity contribution is 6.09. The summed E-state index contributed by atoms with van der Waals surface area (Å²) in [5.74, 6) is 1.54. The Bertz CT molecular complexity index is 1310. The molecule has 0 atom stereocenters. The molecule has 0 unspecified atom stereocenters. The molecule has 3 aromatic rings. The summed E-state index contributed by atoms with van der Waals surface area (Å²) in [5.41, 5.74) is 5.80. The van der Waals surface area contributed by atoms with Crippen molar-refractivity contribution < 1.29 is 19.0 Å². The minimum atomic E-state index is 0.000511. The van der Waals surface area contributed by atoms with Gasteiger partial charge in [0.2, 0.25) is 6.79 Å². The molecular weight excluding hydrogens is 454 g/mol. The minimum Gasteiger partial charge on any atom is -0.454 e. The van der Waals surface area contributed by atoms with E-state index >= 15 is 0 Å². The molecule has 2 aliphatic heterocycles. The number of benzene rings is 2. The fourth-order valence-corrected chi connectivity index (χ4v) is 5.32. The van der Waals surface area contributed by atoms with Crippen LogP contribution in [-0.2, 0) is 11.2 Å². The van der Waals surface area contributed by atoms with Crippen LogP contribution in [0, 0.1) is 0 Å². The summed E-state index contributed by atoms with van der Waals surface area (Å²) in [7, 11) is 0. The zero-order valence-corrected chi connectivity index (χ0v) is 20.4. The summed E-state index contributed by atoms with van der Waals surface area (Å²) in [6, 6.07) is 13.9. The van der Waals surface area contributed by atoms with Gasteiger partial charge in [0.05, 0.1) is 30.0 Å². The number of carbonyl (C=O) groups is 1. The Labute approximate surface area is 211 Å². The lowest BCUT2D eigenvalue weighted by Gasteiger charge is -2.26. The Balaban J connectivity index is 1.21. The molecule has 1 amide bonds. The van der Waals surface area contributed by atoms with Crippen LogP contribution in [0.4, 0.5) is 0 Å². The zero-order valence-electron chi connectivity index (χ0n) is 20.4. The Kier molecular flexibility index (Phi) is 6.57. The van der Waals surface area contributed by atoms with Crippen molar-refractivity contribution in [2.24, 2.45) is 0 Å². The van der Waals surface area contributed by atoms with Crippen LogP contribution < -0.4 is 14.8 Å². The van der Waals surface area contributed by atoms with Crippen LogP contribution in [0.2, 0.25) is 0 Å². The number of nitrogens with zero attached hydrogens (tertiary/aromatic N) is 2. The average molecular weight is 486 g/mol. The molecule has 186 valence electrons. The van der Waals surface area contributed by atoms with Crippen molar-refractivity contribution in [3.05, 3.63) is 64.8 Å². The number of carbonyl (C=O) groups excluding carboxylic acids is 1. The molecule has 3 heterocycles. The molecule has 1 aromatic heterocycles. The predicted molar refractivity (Wildman–Crippen MR) is 139 cm³/mol. The van der Waals surface area contributed by atoms with Crippen LogP contribution in [0.15, 0.2) is 42.5 Å². The van der Waals surface area contributed by atoms with Crippen molar-refractivity contribution in [1.82, 2.24) is 15.2 Å². The van der Waals surface area contributed by atoms with E-state index in [4.69, 9.17) is 19.2 Å². The van der Waals surface area contributed by atoms with E-state index in [1.54, 1.807) is 0 Å². The van der Waals surface area contributed by atoms with Gasteiger partial charge in [-0.05, 0) is 73.2 Å². The van der Waals surface area contributed by atoms with Crippen LogP contribution in [0.3, 0.4) is 0 Å². The van der Waals surface area contributed by atoms with E-state index < -0.39 is 0 Å². The number of nitrogens with one attached hydrogen (secondary N) is 1. The second kappa shape index (κ2) is 10.3. The topological polar surface area (TPSA) is 72.9 Å². The molecule has 6 rings (SSSR count). The van der Waals surface area contributed by atoms with E-state index in [1.165, 1.54) is 0 Å². The summed E-state index contributed by atoms with van der Waals surface area (Å²) in [5, 5.41) is 4.11. The maximum Gasteiger partial charge on any atom is 0.252 e. The fourth-order valence-electron chi connectivity index (χ4n) is 5.32. The molecule has 7 heteroatoms. The number of morpholine rings is 1. The molecule has 2 aromatic carbocycles. The largest absolute Gasteiger partial charge is 0.454 e. The number of aromatic nitrogens is 1. The van der Waals surface area contributed by atoms with Gasteiger partial charge in [-0.3, -0.25) is 9.69 Å². The summed E-state index contributed by atoms with van der Waals surface area (Å²) in [6.45, 7) is 5.64. The molecule has 7 nitrogen and oxygen atoms in total.